The van der Waals surface area contributed by atoms with Crippen LogP contribution in [0.1, 0.15) is 5.56 Å². The summed E-state index contributed by atoms with van der Waals surface area (Å²) in [5, 5.41) is 1.26. The molecule has 0 aliphatic rings. The summed E-state index contributed by atoms with van der Waals surface area (Å²) < 4.78 is 297. The first-order chi connectivity index (χ1) is 32.5. The van der Waals surface area contributed by atoms with Gasteiger partial charge in [-0.2, -0.15) is 4.57 Å². The minimum atomic E-state index is -7.22. The molecule has 0 bridgehead atoms. The van der Waals surface area contributed by atoms with Crippen LogP contribution >= 0.6 is 15.9 Å². The lowest BCUT2D eigenvalue weighted by molar-refractivity contribution is -0.651. The highest BCUT2D eigenvalue weighted by molar-refractivity contribution is 9.10. The topological polar surface area (TPSA) is 3.88 Å². The molecule has 8 rings (SSSR count). The molecule has 1 heterocycles. The van der Waals surface area contributed by atoms with E-state index in [2.05, 4.69) is 111 Å². The number of halogens is 21. The highest BCUT2D eigenvalue weighted by Gasteiger charge is 2.52. The molecule has 8 aromatic rings. The quantitative estimate of drug-likeness (QED) is 0.0492. The molecule has 23 heteroatoms. The molecule has 0 spiro atoms. The Labute approximate surface area is 381 Å². The minimum Gasteiger partial charge on any atom is -0.207 e. The van der Waals surface area contributed by atoms with Gasteiger partial charge in [0, 0.05) is 33.1 Å². The molecule has 1 nitrogen and oxygen atoms in total. The van der Waals surface area contributed by atoms with Crippen molar-refractivity contribution in [1.29, 1.82) is 0 Å². The highest BCUT2D eigenvalue weighted by Crippen LogP contribution is 2.31. The summed E-state index contributed by atoms with van der Waals surface area (Å²) in [6.07, 6.45) is -7.22. The Kier molecular flexibility index (Phi) is 13.7. The molecule has 0 saturated carbocycles. The van der Waals surface area contributed by atoms with Crippen LogP contribution in [0.5, 0.6) is 0 Å². The molecule has 356 valence electrons. The van der Waals surface area contributed by atoms with Crippen LogP contribution in [0.4, 0.5) is 87.8 Å². The average Bonchev–Trinajstić information content (AvgIpc) is 3.34. The predicted octanol–water partition coefficient (Wildman–Crippen LogP) is 11.5. The second-order valence-electron chi connectivity index (χ2n) is 14.7. The van der Waals surface area contributed by atoms with E-state index < -0.39 is 144 Å². The van der Waals surface area contributed by atoms with Crippen LogP contribution in [0, 0.1) is 116 Å². The van der Waals surface area contributed by atoms with Gasteiger partial charge in [0.1, 0.15) is 52.7 Å². The summed E-state index contributed by atoms with van der Waals surface area (Å²) in [6.45, 7) is 0.855. The number of hydrogen-bond donors (Lipinski definition) is 0. The van der Waals surface area contributed by atoms with Gasteiger partial charge in [-0.3, -0.25) is 0 Å². The van der Waals surface area contributed by atoms with Crippen molar-refractivity contribution in [2.75, 3.05) is 0 Å². The van der Waals surface area contributed by atoms with Crippen LogP contribution in [0.25, 0.3) is 22.2 Å². The number of fused-ring (bicyclic) bond motifs is 1. The Morgan fingerprint density at radius 3 is 0.971 bits per heavy atom. The molecule has 1 aromatic heterocycles. The number of benzene rings is 7. The van der Waals surface area contributed by atoms with Gasteiger partial charge in [0.2, 0.25) is 11.2 Å². The van der Waals surface area contributed by atoms with E-state index in [1.54, 1.807) is 0 Å². The highest BCUT2D eigenvalue weighted by atomic mass is 79.9. The van der Waals surface area contributed by atoms with Gasteiger partial charge in [-0.15, -0.1) is 21.9 Å². The Morgan fingerprint density at radius 1 is 0.319 bits per heavy atom. The fraction of sp³-hybridized carbons (Fsp3) is 0.0217. The van der Waals surface area contributed by atoms with E-state index in [0.29, 0.717) is 0 Å². The largest absolute Gasteiger partial charge is 0.213 e. The second kappa shape index (κ2) is 18.9. The zero-order valence-corrected chi connectivity index (χ0v) is 34.9. The van der Waals surface area contributed by atoms with Crippen molar-refractivity contribution in [1.82, 2.24) is 0 Å². The summed E-state index contributed by atoms with van der Waals surface area (Å²) >= 11 is 3.52. The minimum absolute atomic E-state index is 0.855. The van der Waals surface area contributed by atoms with Crippen molar-refractivity contribution in [3.05, 3.63) is 217 Å². The van der Waals surface area contributed by atoms with Crippen molar-refractivity contribution >= 4 is 54.8 Å². The fourth-order valence-electron chi connectivity index (χ4n) is 7.95. The van der Waals surface area contributed by atoms with Gasteiger partial charge in [-0.1, -0.05) is 58.4 Å². The Morgan fingerprint density at radius 2 is 0.623 bits per heavy atom. The van der Waals surface area contributed by atoms with Gasteiger partial charge in [0.15, 0.2) is 76.4 Å². The number of aromatic nitrogens is 1. The van der Waals surface area contributed by atoms with Crippen molar-refractivity contribution in [2.24, 2.45) is 0 Å². The van der Waals surface area contributed by atoms with E-state index in [4.69, 9.17) is 0 Å². The third-order valence-electron chi connectivity index (χ3n) is 11.0. The second-order valence-corrected chi connectivity index (χ2v) is 15.6. The van der Waals surface area contributed by atoms with Gasteiger partial charge >= 0.3 is 0 Å². The monoisotopic (exact) mass is 1050 g/mol. The zero-order chi connectivity index (χ0) is 50.7. The summed E-state index contributed by atoms with van der Waals surface area (Å²) in [5.74, 6) is -71.4. The molecule has 0 fully saturated rings. The lowest BCUT2D eigenvalue weighted by atomic mass is 9.12. The number of pyridine rings is 1. The van der Waals surface area contributed by atoms with Gasteiger partial charge in [-0.05, 0) is 36.4 Å². The van der Waals surface area contributed by atoms with Gasteiger partial charge < -0.3 is 0 Å². The number of para-hydroxylation sites is 1. The standard InChI is InChI=1S/C24BF20.C22H17BrN/c26-5-1(6(27)14(35)21(42)13(5)34)25(2-7(28)15(36)22(43)16(37)8(2)29,3-9(30)17(38)23(44)18(39)10(3)31)4-11(32)19(40)24(45)20(41)12(4)33;23-20-13-10-19(11-14-20)22-15-12-18-8-4-5-9-21(18)24(22)16-17-6-2-1-3-7-17/h;1-15H,16H2/q-1;+1. The van der Waals surface area contributed by atoms with Crippen LogP contribution < -0.4 is 26.4 Å². The molecule has 0 saturated heterocycles. The predicted molar refractivity (Wildman–Crippen MR) is 212 cm³/mol. The molecule has 69 heavy (non-hydrogen) atoms. The number of hydrogen-bond acceptors (Lipinski definition) is 0. The molecular weight excluding hydrogens is 1040 g/mol. The first kappa shape index (κ1) is 50.0. The maximum Gasteiger partial charge on any atom is 0.213 e. The van der Waals surface area contributed by atoms with E-state index in [1.807, 2.05) is 0 Å². The SMILES string of the molecule is Brc1ccc(-c2ccc3ccccc3[n+]2Cc2ccccc2)cc1.Fc1c(F)c(F)c([B-](c2c(F)c(F)c(F)c(F)c2F)(c2c(F)c(F)c(F)c(F)c2F)c2c(F)c(F)c(F)c(F)c2F)c(F)c1F. The third-order valence-corrected chi connectivity index (χ3v) is 11.5. The third kappa shape index (κ3) is 8.02. The average molecular weight is 1050 g/mol. The van der Waals surface area contributed by atoms with Crippen molar-refractivity contribution in [2.45, 2.75) is 6.54 Å². The molecular formula is C46H17BBrF20N. The van der Waals surface area contributed by atoms with E-state index in [0.717, 1.165) is 11.0 Å². The van der Waals surface area contributed by atoms with Crippen molar-refractivity contribution in [3.8, 4) is 11.3 Å². The molecule has 0 radical (unpaired) electrons. The molecule has 0 unspecified atom stereocenters. The zero-order valence-electron chi connectivity index (χ0n) is 33.3. The van der Waals surface area contributed by atoms with Gasteiger partial charge in [0.25, 0.3) is 0 Å². The van der Waals surface area contributed by atoms with Crippen LogP contribution in [-0.2, 0) is 6.54 Å². The Bertz CT molecular complexity index is 2990. The first-order valence-electron chi connectivity index (χ1n) is 19.0. The van der Waals surface area contributed by atoms with Crippen LogP contribution in [0.3, 0.4) is 0 Å². The fourth-order valence-corrected chi connectivity index (χ4v) is 8.21. The first-order valence-corrected chi connectivity index (χ1v) is 19.8. The summed E-state index contributed by atoms with van der Waals surface area (Å²) in [5.41, 5.74) is -9.33. The maximum absolute atomic E-state index is 15.4. The normalized spacial score (nSPS) is 11.6. The van der Waals surface area contributed by atoms with Gasteiger partial charge in [-0.25, -0.2) is 87.8 Å². The molecule has 0 N–H and O–H groups in total. The van der Waals surface area contributed by atoms with E-state index in [1.165, 1.54) is 27.7 Å². The summed E-state index contributed by atoms with van der Waals surface area (Å²) in [7, 11) is 0. The Balaban J connectivity index is 0.000000244. The molecule has 0 aliphatic heterocycles. The molecule has 0 aliphatic carbocycles. The van der Waals surface area contributed by atoms with Gasteiger partial charge in [0.05, 0.1) is 0 Å². The molecule has 0 atom stereocenters. The van der Waals surface area contributed by atoms with E-state index >= 15 is 35.1 Å². The molecule has 7 aromatic carbocycles. The summed E-state index contributed by atoms with van der Waals surface area (Å²) in [4.78, 5) is 0. The molecule has 0 amide bonds. The van der Waals surface area contributed by atoms with E-state index in [9.17, 15) is 52.7 Å². The van der Waals surface area contributed by atoms with Crippen LogP contribution in [0.15, 0.2) is 95.5 Å². The van der Waals surface area contributed by atoms with E-state index in [-0.39, 0.29) is 0 Å². The lowest BCUT2D eigenvalue weighted by Gasteiger charge is -2.44. The Hall–Kier alpha value is -6.91. The smallest absolute Gasteiger partial charge is 0.207 e. The maximum atomic E-state index is 15.4. The van der Waals surface area contributed by atoms with Crippen LogP contribution in [-0.4, -0.2) is 6.15 Å². The van der Waals surface area contributed by atoms with Crippen LogP contribution in [0.2, 0.25) is 0 Å². The summed E-state index contributed by atoms with van der Waals surface area (Å²) in [6, 6.07) is 32.1. The number of rotatable bonds is 7. The van der Waals surface area contributed by atoms with Crippen molar-refractivity contribution in [3.63, 3.8) is 0 Å². The van der Waals surface area contributed by atoms with Crippen molar-refractivity contribution < 1.29 is 92.4 Å². The number of nitrogens with zero attached hydrogens (tertiary/aromatic N) is 1. The lowest BCUT2D eigenvalue weighted by Crippen LogP contribution is -2.81.